The van der Waals surface area contributed by atoms with Gasteiger partial charge in [0, 0.05) is 29.9 Å². The number of amides is 3. The Morgan fingerprint density at radius 1 is 0.925 bits per heavy atom. The van der Waals surface area contributed by atoms with Crippen molar-refractivity contribution in [3.63, 3.8) is 0 Å². The predicted molar refractivity (Wildman–Crippen MR) is 149 cm³/mol. The van der Waals surface area contributed by atoms with E-state index >= 15 is 0 Å². The minimum absolute atomic E-state index is 0.0148. The summed E-state index contributed by atoms with van der Waals surface area (Å²) in [4.78, 5) is 65.7. The Labute approximate surface area is 233 Å². The molecule has 1 aromatic heterocycles. The first-order chi connectivity index (χ1) is 18.8. The van der Waals surface area contributed by atoms with Gasteiger partial charge in [-0.2, -0.15) is 0 Å². The second-order valence-electron chi connectivity index (χ2n) is 10.6. The number of carbonyl (C=O) groups excluding carboxylic acids is 3. The van der Waals surface area contributed by atoms with Crippen molar-refractivity contribution in [3.8, 4) is 0 Å². The van der Waals surface area contributed by atoms with Crippen LogP contribution < -0.4 is 21.7 Å². The lowest BCUT2D eigenvalue weighted by molar-refractivity contribution is -0.143. The number of carboxylic acid groups (broad SMARTS) is 2. The maximum atomic E-state index is 13.4. The van der Waals surface area contributed by atoms with E-state index in [9.17, 15) is 34.2 Å². The first kappa shape index (κ1) is 32.3. The molecule has 0 saturated carbocycles. The van der Waals surface area contributed by atoms with E-state index in [4.69, 9.17) is 5.73 Å². The number of aliphatic carboxylic acids is 2. The molecule has 220 valence electrons. The third-order valence-electron chi connectivity index (χ3n) is 6.85. The Hall–Kier alpha value is -3.93. The lowest BCUT2D eigenvalue weighted by Crippen LogP contribution is -2.58. The number of fused-ring (bicyclic) bond motifs is 1. The van der Waals surface area contributed by atoms with Crippen molar-refractivity contribution in [3.05, 3.63) is 36.0 Å². The largest absolute Gasteiger partial charge is 0.481 e. The van der Waals surface area contributed by atoms with Gasteiger partial charge in [-0.25, -0.2) is 4.79 Å². The molecule has 0 unspecified atom stereocenters. The number of para-hydroxylation sites is 1. The van der Waals surface area contributed by atoms with Crippen molar-refractivity contribution >= 4 is 40.6 Å². The summed E-state index contributed by atoms with van der Waals surface area (Å²) in [5.41, 5.74) is 7.48. The second kappa shape index (κ2) is 15.0. The van der Waals surface area contributed by atoms with Gasteiger partial charge in [-0.1, -0.05) is 52.3 Å². The summed E-state index contributed by atoms with van der Waals surface area (Å²) < 4.78 is 0. The number of nitrogens with one attached hydrogen (secondary N) is 4. The number of H-pyrrole nitrogens is 1. The average molecular weight is 560 g/mol. The molecule has 0 saturated heterocycles. The smallest absolute Gasteiger partial charge is 0.326 e. The van der Waals surface area contributed by atoms with Gasteiger partial charge in [0.25, 0.3) is 0 Å². The third kappa shape index (κ3) is 9.37. The van der Waals surface area contributed by atoms with E-state index in [2.05, 4.69) is 20.9 Å². The quantitative estimate of drug-likeness (QED) is 0.160. The molecule has 1 heterocycles. The molecule has 0 spiro atoms. The maximum Gasteiger partial charge on any atom is 0.326 e. The zero-order valence-electron chi connectivity index (χ0n) is 23.4. The van der Waals surface area contributed by atoms with E-state index in [1.807, 2.05) is 38.1 Å². The SMILES string of the molecule is CC[C@H](C)[C@H](NC(=O)[C@H](Cc1c[nH]c2ccccc12)NC(=O)[C@H](CCC(=O)O)NC(=O)[C@@H](N)CC(C)C)C(=O)O. The molecule has 3 amide bonds. The summed E-state index contributed by atoms with van der Waals surface area (Å²) in [5.74, 6) is -4.73. The van der Waals surface area contributed by atoms with Crippen molar-refractivity contribution < 1.29 is 34.2 Å². The minimum atomic E-state index is -1.27. The lowest BCUT2D eigenvalue weighted by atomic mass is 9.97. The van der Waals surface area contributed by atoms with Crippen LogP contribution in [0.5, 0.6) is 0 Å². The average Bonchev–Trinajstić information content (AvgIpc) is 3.30. The Bertz CT molecular complexity index is 1190. The highest BCUT2D eigenvalue weighted by atomic mass is 16.4. The Balaban J connectivity index is 2.35. The monoisotopic (exact) mass is 559 g/mol. The molecule has 0 radical (unpaired) electrons. The normalized spacial score (nSPS) is 15.1. The Morgan fingerprint density at radius 2 is 1.55 bits per heavy atom. The van der Waals surface area contributed by atoms with Gasteiger partial charge in [0.2, 0.25) is 17.7 Å². The van der Waals surface area contributed by atoms with Gasteiger partial charge in [0.1, 0.15) is 18.1 Å². The van der Waals surface area contributed by atoms with Crippen LogP contribution in [0, 0.1) is 11.8 Å². The van der Waals surface area contributed by atoms with Crippen LogP contribution in [-0.2, 0) is 30.4 Å². The standard InChI is InChI=1S/C28H41N5O7/c1-5-16(4)24(28(39)40)33-27(38)22(13-17-14-30-20-9-7-6-8-18(17)20)32-26(37)21(10-11-23(34)35)31-25(36)19(29)12-15(2)3/h6-9,14-16,19,21-22,24,30H,5,10-13,29H2,1-4H3,(H,31,36)(H,32,37)(H,33,38)(H,34,35)(H,39,40)/t16-,19-,21-,22-,24-/m0/s1. The molecule has 8 N–H and O–H groups in total. The molecule has 1 aromatic carbocycles. The summed E-state index contributed by atoms with van der Waals surface area (Å²) in [7, 11) is 0. The third-order valence-corrected chi connectivity index (χ3v) is 6.85. The van der Waals surface area contributed by atoms with E-state index in [0.717, 1.165) is 10.9 Å². The van der Waals surface area contributed by atoms with Gasteiger partial charge < -0.3 is 36.9 Å². The van der Waals surface area contributed by atoms with Crippen LogP contribution >= 0.6 is 0 Å². The number of aromatic nitrogens is 1. The highest BCUT2D eigenvalue weighted by Crippen LogP contribution is 2.20. The van der Waals surface area contributed by atoms with Crippen molar-refractivity contribution in [1.29, 1.82) is 0 Å². The molecule has 5 atom stereocenters. The fraction of sp³-hybridized carbons (Fsp3) is 0.536. The van der Waals surface area contributed by atoms with Crippen molar-refractivity contribution in [2.45, 2.75) is 84.0 Å². The van der Waals surface area contributed by atoms with E-state index in [0.29, 0.717) is 18.4 Å². The summed E-state index contributed by atoms with van der Waals surface area (Å²) in [6.45, 7) is 7.28. The number of aromatic amines is 1. The van der Waals surface area contributed by atoms with Gasteiger partial charge in [0.05, 0.1) is 6.04 Å². The Kier molecular flexibility index (Phi) is 12.1. The van der Waals surface area contributed by atoms with Crippen LogP contribution in [0.3, 0.4) is 0 Å². The number of nitrogens with two attached hydrogens (primary N) is 1. The zero-order chi connectivity index (χ0) is 30.0. The second-order valence-corrected chi connectivity index (χ2v) is 10.6. The van der Waals surface area contributed by atoms with Gasteiger partial charge in [-0.05, 0) is 36.3 Å². The van der Waals surface area contributed by atoms with Crippen LogP contribution in [0.25, 0.3) is 10.9 Å². The van der Waals surface area contributed by atoms with Gasteiger partial charge in [-0.3, -0.25) is 19.2 Å². The molecule has 0 aliphatic rings. The molecular weight excluding hydrogens is 518 g/mol. The molecule has 0 aliphatic carbocycles. The summed E-state index contributed by atoms with van der Waals surface area (Å²) in [6.07, 6.45) is 1.93. The molecule has 2 aromatic rings. The number of carbonyl (C=O) groups is 5. The molecule has 0 aliphatic heterocycles. The minimum Gasteiger partial charge on any atom is -0.481 e. The summed E-state index contributed by atoms with van der Waals surface area (Å²) in [6, 6.07) is 2.80. The molecule has 2 rings (SSSR count). The summed E-state index contributed by atoms with van der Waals surface area (Å²) >= 11 is 0. The highest BCUT2D eigenvalue weighted by Gasteiger charge is 2.32. The fourth-order valence-electron chi connectivity index (χ4n) is 4.37. The van der Waals surface area contributed by atoms with Crippen LogP contribution in [0.15, 0.2) is 30.5 Å². The van der Waals surface area contributed by atoms with Gasteiger partial charge in [0.15, 0.2) is 0 Å². The number of hydrogen-bond donors (Lipinski definition) is 7. The number of rotatable bonds is 16. The Morgan fingerprint density at radius 3 is 2.15 bits per heavy atom. The molecular formula is C28H41N5O7. The van der Waals surface area contributed by atoms with Gasteiger partial charge in [-0.15, -0.1) is 0 Å². The topological polar surface area (TPSA) is 204 Å². The van der Waals surface area contributed by atoms with E-state index in [1.165, 1.54) is 0 Å². The highest BCUT2D eigenvalue weighted by molar-refractivity contribution is 5.95. The maximum absolute atomic E-state index is 13.4. The van der Waals surface area contributed by atoms with Crippen molar-refractivity contribution in [2.24, 2.45) is 17.6 Å². The van der Waals surface area contributed by atoms with Crippen molar-refractivity contribution in [1.82, 2.24) is 20.9 Å². The zero-order valence-corrected chi connectivity index (χ0v) is 23.4. The van der Waals surface area contributed by atoms with Crippen molar-refractivity contribution in [2.75, 3.05) is 0 Å². The van der Waals surface area contributed by atoms with E-state index in [-0.39, 0.29) is 24.7 Å². The van der Waals surface area contributed by atoms with Crippen LogP contribution in [0.1, 0.15) is 58.9 Å². The first-order valence-electron chi connectivity index (χ1n) is 13.5. The number of benzene rings is 1. The predicted octanol–water partition coefficient (Wildman–Crippen LogP) is 1.53. The van der Waals surface area contributed by atoms with E-state index < -0.39 is 60.2 Å². The lowest BCUT2D eigenvalue weighted by Gasteiger charge is -2.26. The molecule has 0 bridgehead atoms. The first-order valence-corrected chi connectivity index (χ1v) is 13.5. The molecule has 12 nitrogen and oxygen atoms in total. The van der Waals surface area contributed by atoms with Gasteiger partial charge >= 0.3 is 11.9 Å². The molecule has 40 heavy (non-hydrogen) atoms. The van der Waals surface area contributed by atoms with Crippen LogP contribution in [0.4, 0.5) is 0 Å². The van der Waals surface area contributed by atoms with Crippen LogP contribution in [0.2, 0.25) is 0 Å². The molecule has 0 fully saturated rings. The molecule has 12 heteroatoms. The number of hydrogen-bond acceptors (Lipinski definition) is 6. The van der Waals surface area contributed by atoms with E-state index in [1.54, 1.807) is 20.0 Å². The fourth-order valence-corrected chi connectivity index (χ4v) is 4.37. The summed E-state index contributed by atoms with van der Waals surface area (Å²) in [5, 5.41) is 27.4. The van der Waals surface area contributed by atoms with Crippen LogP contribution in [-0.4, -0.2) is 69.0 Å². The number of carboxylic acids is 2.